The first-order valence-corrected chi connectivity index (χ1v) is 8.02. The summed E-state index contributed by atoms with van der Waals surface area (Å²) in [5, 5.41) is 0. The Balaban J connectivity index is 0.00000109. The first-order valence-electron chi connectivity index (χ1n) is 8.02. The Bertz CT molecular complexity index is 715. The van der Waals surface area contributed by atoms with Crippen molar-refractivity contribution in [1.29, 1.82) is 0 Å². The third kappa shape index (κ3) is 5.52. The normalized spacial score (nSPS) is 13.8. The number of ether oxygens (including phenoxy) is 2. The minimum atomic E-state index is -0.0460. The molecule has 0 amide bonds. The van der Waals surface area contributed by atoms with E-state index in [9.17, 15) is 4.79 Å². The van der Waals surface area contributed by atoms with Gasteiger partial charge in [-0.15, -0.1) is 0 Å². The SMILES string of the molecule is Cc1cc(N2CCOCC2)nc(OCCn2ccccc2=O)n1.NN. The van der Waals surface area contributed by atoms with E-state index in [2.05, 4.69) is 26.6 Å². The second kappa shape index (κ2) is 9.72. The van der Waals surface area contributed by atoms with E-state index in [0.29, 0.717) is 32.4 Å². The lowest BCUT2D eigenvalue weighted by Gasteiger charge is -2.28. The van der Waals surface area contributed by atoms with Crippen LogP contribution >= 0.6 is 0 Å². The highest BCUT2D eigenvalue weighted by atomic mass is 16.5. The van der Waals surface area contributed by atoms with Gasteiger partial charge in [0.15, 0.2) is 0 Å². The lowest BCUT2D eigenvalue weighted by Crippen LogP contribution is -2.36. The maximum atomic E-state index is 11.6. The number of aryl methyl sites for hydroxylation is 1. The second-order valence-corrected chi connectivity index (χ2v) is 5.33. The Labute approximate surface area is 146 Å². The molecule has 1 fully saturated rings. The molecule has 3 heterocycles. The second-order valence-electron chi connectivity index (χ2n) is 5.33. The predicted molar refractivity (Wildman–Crippen MR) is 94.4 cm³/mol. The summed E-state index contributed by atoms with van der Waals surface area (Å²) < 4.78 is 12.6. The van der Waals surface area contributed by atoms with E-state index in [1.54, 1.807) is 16.8 Å². The molecule has 9 nitrogen and oxygen atoms in total. The zero-order chi connectivity index (χ0) is 18.1. The molecule has 25 heavy (non-hydrogen) atoms. The van der Waals surface area contributed by atoms with Gasteiger partial charge >= 0.3 is 6.01 Å². The summed E-state index contributed by atoms with van der Waals surface area (Å²) >= 11 is 0. The highest BCUT2D eigenvalue weighted by molar-refractivity contribution is 5.40. The van der Waals surface area contributed by atoms with E-state index >= 15 is 0 Å². The average molecular weight is 348 g/mol. The predicted octanol–water partition coefficient (Wildman–Crippen LogP) is -0.319. The van der Waals surface area contributed by atoms with Crippen molar-refractivity contribution in [3.05, 3.63) is 46.5 Å². The van der Waals surface area contributed by atoms with Crippen molar-refractivity contribution in [3.8, 4) is 6.01 Å². The first kappa shape index (κ1) is 18.8. The maximum absolute atomic E-state index is 11.6. The standard InChI is InChI=1S/C16H20N4O3.H4N2/c1-13-12-14(19-6-9-22-10-7-19)18-16(17-13)23-11-8-20-5-3-2-4-15(20)21;1-2/h2-5,12H,6-11H2,1H3;1-2H2. The molecular weight excluding hydrogens is 324 g/mol. The summed E-state index contributed by atoms with van der Waals surface area (Å²) in [6.45, 7) is 5.76. The van der Waals surface area contributed by atoms with Gasteiger partial charge in [-0.3, -0.25) is 16.5 Å². The molecule has 1 saturated heterocycles. The summed E-state index contributed by atoms with van der Waals surface area (Å²) in [7, 11) is 0. The van der Waals surface area contributed by atoms with E-state index in [1.807, 2.05) is 19.1 Å². The summed E-state index contributed by atoms with van der Waals surface area (Å²) in [5.74, 6) is 8.85. The monoisotopic (exact) mass is 348 g/mol. The van der Waals surface area contributed by atoms with Crippen LogP contribution in [0, 0.1) is 6.92 Å². The molecule has 2 aromatic heterocycles. The number of aromatic nitrogens is 3. The van der Waals surface area contributed by atoms with Crippen molar-refractivity contribution in [3.63, 3.8) is 0 Å². The highest BCUT2D eigenvalue weighted by Crippen LogP contribution is 2.17. The molecule has 0 unspecified atom stereocenters. The minimum absolute atomic E-state index is 0.0460. The molecule has 2 aromatic rings. The molecule has 0 aliphatic carbocycles. The highest BCUT2D eigenvalue weighted by Gasteiger charge is 2.14. The number of hydrogen-bond donors (Lipinski definition) is 2. The molecule has 0 spiro atoms. The van der Waals surface area contributed by atoms with Crippen LogP contribution < -0.4 is 26.9 Å². The minimum Gasteiger partial charge on any atom is -0.462 e. The summed E-state index contributed by atoms with van der Waals surface area (Å²) in [6, 6.07) is 7.36. The van der Waals surface area contributed by atoms with Crippen LogP contribution in [0.15, 0.2) is 35.3 Å². The van der Waals surface area contributed by atoms with Gasteiger partial charge in [-0.25, -0.2) is 4.98 Å². The van der Waals surface area contributed by atoms with Gasteiger partial charge in [0.25, 0.3) is 5.56 Å². The smallest absolute Gasteiger partial charge is 0.318 e. The van der Waals surface area contributed by atoms with E-state index in [4.69, 9.17) is 9.47 Å². The maximum Gasteiger partial charge on any atom is 0.318 e. The van der Waals surface area contributed by atoms with Gasteiger partial charge in [-0.05, 0) is 13.0 Å². The van der Waals surface area contributed by atoms with Crippen LogP contribution in [0.3, 0.4) is 0 Å². The number of morpholine rings is 1. The van der Waals surface area contributed by atoms with E-state index < -0.39 is 0 Å². The number of nitrogens with two attached hydrogens (primary N) is 2. The van der Waals surface area contributed by atoms with Gasteiger partial charge in [0.05, 0.1) is 19.8 Å². The van der Waals surface area contributed by atoms with E-state index in [0.717, 1.165) is 24.6 Å². The topological polar surface area (TPSA) is 122 Å². The Kier molecular flexibility index (Phi) is 7.33. The van der Waals surface area contributed by atoms with Crippen LogP contribution in [0.2, 0.25) is 0 Å². The van der Waals surface area contributed by atoms with E-state index in [1.165, 1.54) is 6.07 Å². The number of rotatable bonds is 5. The molecule has 136 valence electrons. The van der Waals surface area contributed by atoms with Crippen LogP contribution in [0.5, 0.6) is 6.01 Å². The summed E-state index contributed by atoms with van der Waals surface area (Å²) in [4.78, 5) is 22.6. The summed E-state index contributed by atoms with van der Waals surface area (Å²) in [5.41, 5.74) is 0.809. The van der Waals surface area contributed by atoms with Crippen LogP contribution in [0.25, 0.3) is 0 Å². The lowest BCUT2D eigenvalue weighted by atomic mass is 10.3. The molecule has 9 heteroatoms. The van der Waals surface area contributed by atoms with Crippen molar-refractivity contribution >= 4 is 5.82 Å². The van der Waals surface area contributed by atoms with Gasteiger partial charge < -0.3 is 18.9 Å². The molecule has 4 N–H and O–H groups in total. The lowest BCUT2D eigenvalue weighted by molar-refractivity contribution is 0.122. The fourth-order valence-electron chi connectivity index (χ4n) is 2.42. The zero-order valence-corrected chi connectivity index (χ0v) is 14.3. The molecule has 0 atom stereocenters. The number of hydrazine groups is 1. The molecule has 1 aliphatic heterocycles. The van der Waals surface area contributed by atoms with Crippen LogP contribution in [0.4, 0.5) is 5.82 Å². The van der Waals surface area contributed by atoms with Crippen molar-refractivity contribution in [2.75, 3.05) is 37.8 Å². The van der Waals surface area contributed by atoms with Gasteiger partial charge in [-0.2, -0.15) is 4.98 Å². The molecule has 3 rings (SSSR count). The number of hydrogen-bond acceptors (Lipinski definition) is 8. The zero-order valence-electron chi connectivity index (χ0n) is 14.3. The number of pyridine rings is 1. The molecule has 1 aliphatic rings. The number of nitrogens with zero attached hydrogens (tertiary/aromatic N) is 4. The fraction of sp³-hybridized carbons (Fsp3) is 0.438. The van der Waals surface area contributed by atoms with E-state index in [-0.39, 0.29) is 5.56 Å². The molecular formula is C16H24N6O3. The van der Waals surface area contributed by atoms with Gasteiger partial charge in [0.1, 0.15) is 12.4 Å². The van der Waals surface area contributed by atoms with Crippen LogP contribution in [0.1, 0.15) is 5.69 Å². The van der Waals surface area contributed by atoms with Gasteiger partial charge in [0.2, 0.25) is 0 Å². The average Bonchev–Trinajstić information content (AvgIpc) is 2.65. The van der Waals surface area contributed by atoms with Crippen LogP contribution in [-0.4, -0.2) is 47.4 Å². The number of anilines is 1. The molecule has 0 saturated carbocycles. The van der Waals surface area contributed by atoms with Gasteiger partial charge in [-0.1, -0.05) is 6.07 Å². The third-order valence-corrected chi connectivity index (χ3v) is 3.62. The van der Waals surface area contributed by atoms with Crippen molar-refractivity contribution < 1.29 is 9.47 Å². The Morgan fingerprint density at radius 1 is 1.24 bits per heavy atom. The fourth-order valence-corrected chi connectivity index (χ4v) is 2.42. The largest absolute Gasteiger partial charge is 0.462 e. The molecule has 0 bridgehead atoms. The molecule has 0 aromatic carbocycles. The Hall–Kier alpha value is -2.49. The van der Waals surface area contributed by atoms with Crippen LogP contribution in [-0.2, 0) is 11.3 Å². The quantitative estimate of drug-likeness (QED) is 0.557. The summed E-state index contributed by atoms with van der Waals surface area (Å²) in [6.07, 6.45) is 1.74. The first-order chi connectivity index (χ1) is 12.2. The Morgan fingerprint density at radius 2 is 2.00 bits per heavy atom. The molecule has 0 radical (unpaired) electrons. The Morgan fingerprint density at radius 3 is 2.72 bits per heavy atom. The van der Waals surface area contributed by atoms with Crippen molar-refractivity contribution in [2.45, 2.75) is 13.5 Å². The van der Waals surface area contributed by atoms with Crippen molar-refractivity contribution in [2.24, 2.45) is 11.7 Å². The third-order valence-electron chi connectivity index (χ3n) is 3.62. The van der Waals surface area contributed by atoms with Crippen molar-refractivity contribution in [1.82, 2.24) is 14.5 Å². The van der Waals surface area contributed by atoms with Gasteiger partial charge in [0, 0.05) is 37.1 Å².